The lowest BCUT2D eigenvalue weighted by atomic mass is 10.6. The highest BCUT2D eigenvalue weighted by atomic mass is 14.6. The summed E-state index contributed by atoms with van der Waals surface area (Å²) in [4.78, 5) is 3.25. The molecule has 0 aliphatic carbocycles. The van der Waals surface area contributed by atoms with Crippen molar-refractivity contribution in [2.75, 3.05) is 0 Å². The summed E-state index contributed by atoms with van der Waals surface area (Å²) in [5.41, 5.74) is 0. The quantitative estimate of drug-likeness (QED) is 0.433. The van der Waals surface area contributed by atoms with Gasteiger partial charge in [-0.2, -0.15) is 0 Å². The van der Waals surface area contributed by atoms with Gasteiger partial charge in [-0.25, -0.2) is 0 Å². The van der Waals surface area contributed by atoms with Gasteiger partial charge in [-0.15, -0.1) is 0 Å². The van der Waals surface area contributed by atoms with E-state index in [-0.39, 0.29) is 0 Å². The van der Waals surface area contributed by atoms with Crippen molar-refractivity contribution >= 4 is 6.72 Å². The standard InChI is InChI=1S/C4H6.C3H5N.2C2H6/c2*1-3-4-2;2*1-2/h3-4H,1-2H2;3H,1-2H2;2*1-2H3. The van der Waals surface area contributed by atoms with Gasteiger partial charge < -0.3 is 0 Å². The second kappa shape index (κ2) is 93.6. The Morgan fingerprint density at radius 1 is 0.833 bits per heavy atom. The zero-order chi connectivity index (χ0) is 10.8. The van der Waals surface area contributed by atoms with Crippen molar-refractivity contribution in [3.63, 3.8) is 0 Å². The molecular weight excluding hydrogens is 146 g/mol. The Bertz CT molecular complexity index is 59.0. The minimum Gasteiger partial charge on any atom is -0.273 e. The predicted octanol–water partition coefficient (Wildman–Crippen LogP) is 4.24. The highest BCUT2D eigenvalue weighted by Gasteiger charge is 1.29. The van der Waals surface area contributed by atoms with E-state index < -0.39 is 0 Å². The number of hydrogen-bond donors (Lipinski definition) is 0. The molecule has 0 aromatic rings. The monoisotopic (exact) mass is 169 g/mol. The third kappa shape index (κ3) is 699. The van der Waals surface area contributed by atoms with E-state index in [0.717, 1.165) is 0 Å². The van der Waals surface area contributed by atoms with Crippen LogP contribution in [0.4, 0.5) is 0 Å². The minimum atomic E-state index is 1.39. The lowest BCUT2D eigenvalue weighted by molar-refractivity contribution is 1.50. The molecule has 0 saturated carbocycles. The summed E-state index contributed by atoms with van der Waals surface area (Å²) >= 11 is 0. The van der Waals surface area contributed by atoms with Crippen LogP contribution < -0.4 is 0 Å². The molecule has 0 fully saturated rings. The SMILES string of the molecule is C=CC=C.C=CN=C.CC.CC. The van der Waals surface area contributed by atoms with Crippen LogP contribution in [0.15, 0.2) is 43.1 Å². The van der Waals surface area contributed by atoms with E-state index in [0.29, 0.717) is 0 Å². The maximum absolute atomic E-state index is 3.36. The van der Waals surface area contributed by atoms with Gasteiger partial charge >= 0.3 is 0 Å². The van der Waals surface area contributed by atoms with Crippen molar-refractivity contribution in [2.45, 2.75) is 27.7 Å². The average molecular weight is 169 g/mol. The molecular formula is C11H23N. The van der Waals surface area contributed by atoms with Gasteiger partial charge in [0, 0.05) is 6.20 Å². The van der Waals surface area contributed by atoms with E-state index in [4.69, 9.17) is 0 Å². The number of hydrogen-bond acceptors (Lipinski definition) is 1. The molecule has 0 spiro atoms. The first-order valence-electron chi connectivity index (χ1n) is 4.13. The molecule has 12 heavy (non-hydrogen) atoms. The molecule has 0 N–H and O–H groups in total. The van der Waals surface area contributed by atoms with E-state index in [2.05, 4.69) is 31.4 Å². The average Bonchev–Trinajstić information content (AvgIpc) is 2.23. The largest absolute Gasteiger partial charge is 0.273 e. The van der Waals surface area contributed by atoms with Gasteiger partial charge in [-0.3, -0.25) is 4.99 Å². The molecule has 0 aliphatic heterocycles. The van der Waals surface area contributed by atoms with E-state index in [1.165, 1.54) is 6.20 Å². The van der Waals surface area contributed by atoms with Crippen molar-refractivity contribution in [1.82, 2.24) is 0 Å². The number of aliphatic imine (C=N–C) groups is 1. The first-order valence-corrected chi connectivity index (χ1v) is 4.13. The summed E-state index contributed by atoms with van der Waals surface area (Å²) < 4.78 is 0. The molecule has 72 valence electrons. The zero-order valence-corrected chi connectivity index (χ0v) is 9.01. The van der Waals surface area contributed by atoms with Gasteiger partial charge in [0.25, 0.3) is 0 Å². The van der Waals surface area contributed by atoms with E-state index in [1.54, 1.807) is 12.2 Å². The number of rotatable bonds is 2. The molecule has 0 rings (SSSR count). The lowest BCUT2D eigenvalue weighted by Gasteiger charge is -1.48. The number of nitrogens with zero attached hydrogens (tertiary/aromatic N) is 1. The lowest BCUT2D eigenvalue weighted by Crippen LogP contribution is -1.26. The summed E-state index contributed by atoms with van der Waals surface area (Å²) in [6, 6.07) is 0. The van der Waals surface area contributed by atoms with E-state index in [9.17, 15) is 0 Å². The van der Waals surface area contributed by atoms with Crippen molar-refractivity contribution in [3.05, 3.63) is 38.1 Å². The smallest absolute Gasteiger partial charge is 0.0188 e. The maximum Gasteiger partial charge on any atom is 0.0188 e. The molecule has 0 aromatic heterocycles. The molecule has 0 saturated heterocycles. The van der Waals surface area contributed by atoms with Crippen LogP contribution in [0.3, 0.4) is 0 Å². The predicted molar refractivity (Wildman–Crippen MR) is 62.8 cm³/mol. The van der Waals surface area contributed by atoms with Gasteiger partial charge in [0.1, 0.15) is 0 Å². The molecule has 1 nitrogen and oxygen atoms in total. The summed E-state index contributed by atoms with van der Waals surface area (Å²) in [5, 5.41) is 0. The first-order chi connectivity index (χ1) is 5.83. The van der Waals surface area contributed by atoms with Gasteiger partial charge in [-0.1, -0.05) is 59.6 Å². The van der Waals surface area contributed by atoms with Crippen LogP contribution in [0.1, 0.15) is 27.7 Å². The maximum atomic E-state index is 3.36. The second-order valence-corrected chi connectivity index (χ2v) is 0.837. The molecule has 0 radical (unpaired) electrons. The van der Waals surface area contributed by atoms with Crippen LogP contribution in [0.5, 0.6) is 0 Å². The van der Waals surface area contributed by atoms with E-state index in [1.807, 2.05) is 27.7 Å². The molecule has 1 heteroatoms. The third-order valence-corrected chi connectivity index (χ3v) is 0.296. The van der Waals surface area contributed by atoms with Crippen molar-refractivity contribution in [1.29, 1.82) is 0 Å². The summed E-state index contributed by atoms with van der Waals surface area (Å²) in [6.07, 6.45) is 4.67. The minimum absolute atomic E-state index is 1.39. The molecule has 0 aromatic carbocycles. The topological polar surface area (TPSA) is 12.4 Å². The fourth-order valence-electron chi connectivity index (χ4n) is 0. The third-order valence-electron chi connectivity index (χ3n) is 0.296. The molecule has 0 aliphatic rings. The molecule has 0 amide bonds. The fourth-order valence-corrected chi connectivity index (χ4v) is 0. The van der Waals surface area contributed by atoms with Crippen molar-refractivity contribution in [2.24, 2.45) is 4.99 Å². The van der Waals surface area contributed by atoms with Gasteiger partial charge in [0.2, 0.25) is 0 Å². The van der Waals surface area contributed by atoms with Crippen molar-refractivity contribution in [3.8, 4) is 0 Å². The fraction of sp³-hybridized carbons (Fsp3) is 0.364. The summed E-state index contributed by atoms with van der Waals surface area (Å²) in [7, 11) is 0. The van der Waals surface area contributed by atoms with Crippen LogP contribution in [0.25, 0.3) is 0 Å². The summed E-state index contributed by atoms with van der Waals surface area (Å²) in [5.74, 6) is 0. The Morgan fingerprint density at radius 3 is 1.00 bits per heavy atom. The Morgan fingerprint density at radius 2 is 1.00 bits per heavy atom. The second-order valence-electron chi connectivity index (χ2n) is 0.837. The van der Waals surface area contributed by atoms with Crippen LogP contribution in [0.2, 0.25) is 0 Å². The Hall–Kier alpha value is -1.11. The molecule has 0 atom stereocenters. The number of allylic oxidation sites excluding steroid dienone is 2. The van der Waals surface area contributed by atoms with Gasteiger partial charge in [-0.05, 0) is 6.72 Å². The highest BCUT2D eigenvalue weighted by molar-refractivity contribution is 5.24. The Labute approximate surface area is 78.2 Å². The van der Waals surface area contributed by atoms with Crippen LogP contribution in [-0.4, -0.2) is 6.72 Å². The molecule has 0 unspecified atom stereocenters. The van der Waals surface area contributed by atoms with Crippen LogP contribution in [-0.2, 0) is 0 Å². The van der Waals surface area contributed by atoms with E-state index >= 15 is 0 Å². The highest BCUT2D eigenvalue weighted by Crippen LogP contribution is 1.52. The zero-order valence-electron chi connectivity index (χ0n) is 9.01. The van der Waals surface area contributed by atoms with Gasteiger partial charge in [0.15, 0.2) is 0 Å². The summed E-state index contributed by atoms with van der Waals surface area (Å²) in [6.45, 7) is 21.1. The van der Waals surface area contributed by atoms with Gasteiger partial charge in [0.05, 0.1) is 0 Å². The first kappa shape index (κ1) is 22.4. The molecule has 0 bridgehead atoms. The van der Waals surface area contributed by atoms with Crippen molar-refractivity contribution < 1.29 is 0 Å². The molecule has 0 heterocycles. The van der Waals surface area contributed by atoms with Crippen LogP contribution >= 0.6 is 0 Å². The van der Waals surface area contributed by atoms with Crippen LogP contribution in [0, 0.1) is 0 Å². The normalized spacial score (nSPS) is 4.33. The Balaban J connectivity index is -0.0000000380. The Kier molecular flexibility index (Phi) is 175.